The van der Waals surface area contributed by atoms with Crippen molar-refractivity contribution in [2.24, 2.45) is 11.5 Å². The molecule has 6 N–H and O–H groups in total. The number of hydrogen-bond acceptors (Lipinski definition) is 4. The van der Waals surface area contributed by atoms with Gasteiger partial charge >= 0.3 is 0 Å². The van der Waals surface area contributed by atoms with Gasteiger partial charge in [-0.3, -0.25) is 0 Å². The number of nitrogens with one attached hydrogen (secondary N) is 2. The summed E-state index contributed by atoms with van der Waals surface area (Å²) < 4.78 is 0. The van der Waals surface area contributed by atoms with Gasteiger partial charge in [-0.1, -0.05) is 13.5 Å². The minimum atomic E-state index is 0. The Balaban J connectivity index is 0.00000441. The summed E-state index contributed by atoms with van der Waals surface area (Å²) in [7, 11) is 0. The fourth-order valence-electron chi connectivity index (χ4n) is 2.70. The highest BCUT2D eigenvalue weighted by Gasteiger charge is 2.10. The molecule has 1 aromatic rings. The number of nitrogens with two attached hydrogens (primary N) is 2. The van der Waals surface area contributed by atoms with Gasteiger partial charge in [-0.05, 0) is 87.6 Å². The Morgan fingerprint density at radius 1 is 0.818 bits per heavy atom. The van der Waals surface area contributed by atoms with Crippen molar-refractivity contribution in [3.8, 4) is 0 Å². The zero-order valence-electron chi connectivity index (χ0n) is 13.9. The summed E-state index contributed by atoms with van der Waals surface area (Å²) in [5, 5.41) is 6.98. The monoisotopic (exact) mass is 308 g/mol. The van der Waals surface area contributed by atoms with E-state index in [-0.39, 0.29) is 7.43 Å². The molecule has 0 radical (unpaired) electrons. The van der Waals surface area contributed by atoms with Gasteiger partial charge in [0.2, 0.25) is 0 Å². The van der Waals surface area contributed by atoms with Crippen molar-refractivity contribution in [1.29, 1.82) is 0 Å². The molecule has 0 fully saturated rings. The Morgan fingerprint density at radius 3 is 1.59 bits per heavy atom. The van der Waals surface area contributed by atoms with Crippen LogP contribution in [0.15, 0.2) is 6.07 Å². The van der Waals surface area contributed by atoms with Crippen LogP contribution in [-0.2, 0) is 13.1 Å². The van der Waals surface area contributed by atoms with Gasteiger partial charge in [-0.15, -0.1) is 0 Å². The highest BCUT2D eigenvalue weighted by Crippen LogP contribution is 2.22. The van der Waals surface area contributed by atoms with Gasteiger partial charge < -0.3 is 22.1 Å². The minimum absolute atomic E-state index is 0. The van der Waals surface area contributed by atoms with Crippen LogP contribution in [0.2, 0.25) is 0 Å². The molecule has 0 bridgehead atoms. The molecule has 0 unspecified atom stereocenters. The zero-order chi connectivity index (χ0) is 15.7. The summed E-state index contributed by atoms with van der Waals surface area (Å²) in [5.41, 5.74) is 18.1. The van der Waals surface area contributed by atoms with Crippen LogP contribution in [-0.4, -0.2) is 26.2 Å². The summed E-state index contributed by atoms with van der Waals surface area (Å²) in [6, 6.07) is 2.30. The van der Waals surface area contributed by atoms with Crippen LogP contribution in [0, 0.1) is 20.8 Å². The standard InChI is InChI=1S/C17H32N4.CH4/c1-13-10-14(2)17(12-21-9-5-7-19)15(3)16(13)11-20-8-4-6-18;/h10,20-21H,4-9,11-12,18-19H2,1-3H3;1H4. The molecule has 0 spiro atoms. The van der Waals surface area contributed by atoms with Crippen LogP contribution in [0.4, 0.5) is 0 Å². The van der Waals surface area contributed by atoms with E-state index in [1.165, 1.54) is 27.8 Å². The third-order valence-electron chi connectivity index (χ3n) is 4.01. The molecular weight excluding hydrogens is 272 g/mol. The molecule has 4 heteroatoms. The first kappa shape index (κ1) is 21.1. The van der Waals surface area contributed by atoms with Gasteiger partial charge in [0.15, 0.2) is 0 Å². The first-order chi connectivity index (χ1) is 10.1. The first-order valence-corrected chi connectivity index (χ1v) is 8.02. The molecule has 0 aromatic heterocycles. The number of aryl methyl sites for hydroxylation is 2. The fraction of sp³-hybridized carbons (Fsp3) is 0.667. The van der Waals surface area contributed by atoms with Crippen LogP contribution in [0.3, 0.4) is 0 Å². The maximum absolute atomic E-state index is 5.53. The highest BCUT2D eigenvalue weighted by molar-refractivity contribution is 5.44. The number of rotatable bonds is 10. The van der Waals surface area contributed by atoms with Crippen LogP contribution in [0.5, 0.6) is 0 Å². The Hall–Kier alpha value is -0.940. The van der Waals surface area contributed by atoms with E-state index in [1.807, 2.05) is 0 Å². The van der Waals surface area contributed by atoms with Gasteiger partial charge in [0.05, 0.1) is 0 Å². The predicted molar refractivity (Wildman–Crippen MR) is 98.1 cm³/mol. The lowest BCUT2D eigenvalue weighted by molar-refractivity contribution is 0.640. The molecule has 0 aliphatic heterocycles. The van der Waals surface area contributed by atoms with Crippen LogP contribution >= 0.6 is 0 Å². The van der Waals surface area contributed by atoms with Gasteiger partial charge in [0.1, 0.15) is 0 Å². The SMILES string of the molecule is C.Cc1cc(C)c(CNCCCN)c(C)c1CNCCCN. The third kappa shape index (κ3) is 6.44. The summed E-state index contributed by atoms with van der Waals surface area (Å²) in [6.45, 7) is 11.9. The molecule has 0 saturated carbocycles. The van der Waals surface area contributed by atoms with Crippen molar-refractivity contribution < 1.29 is 0 Å². The van der Waals surface area contributed by atoms with Crippen molar-refractivity contribution in [3.05, 3.63) is 33.9 Å². The second kappa shape index (κ2) is 11.6. The summed E-state index contributed by atoms with van der Waals surface area (Å²) in [4.78, 5) is 0. The molecule has 0 aliphatic rings. The summed E-state index contributed by atoms with van der Waals surface area (Å²) in [5.74, 6) is 0. The highest BCUT2D eigenvalue weighted by atomic mass is 14.9. The lowest BCUT2D eigenvalue weighted by Gasteiger charge is -2.18. The molecule has 22 heavy (non-hydrogen) atoms. The minimum Gasteiger partial charge on any atom is -0.330 e. The fourth-order valence-corrected chi connectivity index (χ4v) is 2.70. The molecule has 1 rings (SSSR count). The van der Waals surface area contributed by atoms with E-state index >= 15 is 0 Å². The lowest BCUT2D eigenvalue weighted by Crippen LogP contribution is -2.21. The second-order valence-corrected chi connectivity index (χ2v) is 5.73. The third-order valence-corrected chi connectivity index (χ3v) is 4.01. The largest absolute Gasteiger partial charge is 0.330 e. The van der Waals surface area contributed by atoms with Crippen molar-refractivity contribution in [2.45, 2.75) is 54.1 Å². The van der Waals surface area contributed by atoms with Gasteiger partial charge in [-0.2, -0.15) is 0 Å². The zero-order valence-corrected chi connectivity index (χ0v) is 13.9. The van der Waals surface area contributed by atoms with Crippen molar-refractivity contribution in [3.63, 3.8) is 0 Å². The lowest BCUT2D eigenvalue weighted by atomic mass is 9.93. The maximum Gasteiger partial charge on any atom is 0.0210 e. The number of hydrogen-bond donors (Lipinski definition) is 4. The first-order valence-electron chi connectivity index (χ1n) is 8.02. The van der Waals surface area contributed by atoms with E-state index < -0.39 is 0 Å². The van der Waals surface area contributed by atoms with Crippen LogP contribution in [0.25, 0.3) is 0 Å². The van der Waals surface area contributed by atoms with Gasteiger partial charge in [0.25, 0.3) is 0 Å². The average molecular weight is 309 g/mol. The van der Waals surface area contributed by atoms with E-state index in [0.29, 0.717) is 0 Å². The maximum atomic E-state index is 5.53. The van der Waals surface area contributed by atoms with Crippen molar-refractivity contribution >= 4 is 0 Å². The smallest absolute Gasteiger partial charge is 0.0210 e. The van der Waals surface area contributed by atoms with Crippen LogP contribution in [0.1, 0.15) is 48.1 Å². The topological polar surface area (TPSA) is 76.1 Å². The Bertz CT molecular complexity index is 393. The molecule has 4 nitrogen and oxygen atoms in total. The molecule has 0 atom stereocenters. The van der Waals surface area contributed by atoms with Gasteiger partial charge in [0, 0.05) is 13.1 Å². The molecule has 0 amide bonds. The summed E-state index contributed by atoms with van der Waals surface area (Å²) >= 11 is 0. The Kier molecular flexibility index (Phi) is 11.1. The van der Waals surface area contributed by atoms with Crippen molar-refractivity contribution in [2.75, 3.05) is 26.2 Å². The molecular formula is C18H36N4. The quantitative estimate of drug-likeness (QED) is 0.499. The Morgan fingerprint density at radius 2 is 1.23 bits per heavy atom. The van der Waals surface area contributed by atoms with Crippen LogP contribution < -0.4 is 22.1 Å². The normalized spacial score (nSPS) is 10.6. The average Bonchev–Trinajstić information content (AvgIpc) is 2.45. The Labute approximate surface area is 137 Å². The molecule has 0 heterocycles. The van der Waals surface area contributed by atoms with E-state index in [0.717, 1.165) is 52.1 Å². The molecule has 0 saturated heterocycles. The van der Waals surface area contributed by atoms with E-state index in [4.69, 9.17) is 11.5 Å². The van der Waals surface area contributed by atoms with E-state index in [2.05, 4.69) is 37.5 Å². The molecule has 0 aliphatic carbocycles. The number of benzene rings is 1. The second-order valence-electron chi connectivity index (χ2n) is 5.73. The van der Waals surface area contributed by atoms with Crippen molar-refractivity contribution in [1.82, 2.24) is 10.6 Å². The predicted octanol–water partition coefficient (Wildman–Crippen LogP) is 2.12. The molecule has 128 valence electrons. The van der Waals surface area contributed by atoms with E-state index in [9.17, 15) is 0 Å². The molecule has 1 aromatic carbocycles. The van der Waals surface area contributed by atoms with Gasteiger partial charge in [-0.25, -0.2) is 0 Å². The van der Waals surface area contributed by atoms with E-state index in [1.54, 1.807) is 0 Å². The summed E-state index contributed by atoms with van der Waals surface area (Å²) in [6.07, 6.45) is 2.05.